The van der Waals surface area contributed by atoms with Gasteiger partial charge in [-0.05, 0) is 12.0 Å². The smallest absolute Gasteiger partial charge is 0.263 e. The van der Waals surface area contributed by atoms with Crippen LogP contribution in [0.4, 0.5) is 0 Å². The highest BCUT2D eigenvalue weighted by atomic mass is 16.6. The predicted octanol–water partition coefficient (Wildman–Crippen LogP) is 0.769. The Kier molecular flexibility index (Phi) is 4.88. The molecule has 88 valence electrons. The molecule has 0 spiro atoms. The van der Waals surface area contributed by atoms with Crippen LogP contribution in [0.15, 0.2) is 30.3 Å². The van der Waals surface area contributed by atoms with Gasteiger partial charge in [-0.1, -0.05) is 30.3 Å². The van der Waals surface area contributed by atoms with Crippen LogP contribution in [-0.4, -0.2) is 23.7 Å². The molecule has 0 amide bonds. The van der Waals surface area contributed by atoms with Crippen LogP contribution < -0.4 is 11.1 Å². The van der Waals surface area contributed by atoms with E-state index >= 15 is 0 Å². The summed E-state index contributed by atoms with van der Waals surface area (Å²) in [5.41, 5.74) is 6.71. The van der Waals surface area contributed by atoms with Crippen LogP contribution >= 0.6 is 0 Å². The zero-order chi connectivity index (χ0) is 12.0. The van der Waals surface area contributed by atoms with Crippen molar-refractivity contribution in [3.05, 3.63) is 46.0 Å². The van der Waals surface area contributed by atoms with E-state index in [2.05, 4.69) is 5.32 Å². The molecule has 2 unspecified atom stereocenters. The number of hydrogen-bond donors (Lipinski definition) is 2. The van der Waals surface area contributed by atoms with Gasteiger partial charge in [-0.25, -0.2) is 0 Å². The van der Waals surface area contributed by atoms with Crippen molar-refractivity contribution in [3.8, 4) is 0 Å². The Morgan fingerprint density at radius 1 is 1.44 bits per heavy atom. The van der Waals surface area contributed by atoms with Crippen LogP contribution in [0.3, 0.4) is 0 Å². The molecule has 5 heteroatoms. The molecule has 16 heavy (non-hydrogen) atoms. The molecule has 1 rings (SSSR count). The number of rotatable bonds is 6. The van der Waals surface area contributed by atoms with Crippen LogP contribution in [0.5, 0.6) is 0 Å². The van der Waals surface area contributed by atoms with Crippen molar-refractivity contribution in [3.63, 3.8) is 0 Å². The van der Waals surface area contributed by atoms with Crippen LogP contribution in [0, 0.1) is 10.1 Å². The molecule has 3 N–H and O–H groups in total. The Balaban J connectivity index is 2.53. The van der Waals surface area contributed by atoms with Gasteiger partial charge in [-0.2, -0.15) is 0 Å². The van der Waals surface area contributed by atoms with Gasteiger partial charge in [0, 0.05) is 24.4 Å². The van der Waals surface area contributed by atoms with Crippen molar-refractivity contribution in [2.45, 2.75) is 25.6 Å². The lowest BCUT2D eigenvalue weighted by molar-refractivity contribution is -0.525. The average molecular weight is 223 g/mol. The Labute approximate surface area is 94.8 Å². The van der Waals surface area contributed by atoms with Crippen LogP contribution in [0.2, 0.25) is 0 Å². The average Bonchev–Trinajstić information content (AvgIpc) is 2.29. The molecule has 2 atom stereocenters. The lowest BCUT2D eigenvalue weighted by Crippen LogP contribution is -2.46. The Hall–Kier alpha value is -1.46. The van der Waals surface area contributed by atoms with Gasteiger partial charge in [0.2, 0.25) is 0 Å². The van der Waals surface area contributed by atoms with Gasteiger partial charge < -0.3 is 5.73 Å². The van der Waals surface area contributed by atoms with Crippen LogP contribution in [0.1, 0.15) is 12.5 Å². The molecule has 0 fully saturated rings. The highest BCUT2D eigenvalue weighted by Crippen LogP contribution is 2.03. The second-order valence-electron chi connectivity index (χ2n) is 3.75. The fourth-order valence-electron chi connectivity index (χ4n) is 1.51. The van der Waals surface area contributed by atoms with Gasteiger partial charge >= 0.3 is 0 Å². The first-order valence-corrected chi connectivity index (χ1v) is 5.27. The quantitative estimate of drug-likeness (QED) is 0.424. The van der Waals surface area contributed by atoms with Gasteiger partial charge in [0.1, 0.15) is 0 Å². The summed E-state index contributed by atoms with van der Waals surface area (Å²) in [6, 6.07) is 9.73. The number of hydrogen-bond acceptors (Lipinski definition) is 4. The molecule has 0 aliphatic carbocycles. The van der Waals surface area contributed by atoms with E-state index in [1.165, 1.54) is 6.92 Å². The molecule has 1 aromatic rings. The third-order valence-corrected chi connectivity index (χ3v) is 2.40. The molecule has 0 aliphatic heterocycles. The van der Waals surface area contributed by atoms with Crippen molar-refractivity contribution in [1.29, 1.82) is 0 Å². The monoisotopic (exact) mass is 223 g/mol. The molecule has 5 nitrogen and oxygen atoms in total. The highest BCUT2D eigenvalue weighted by molar-refractivity contribution is 5.15. The summed E-state index contributed by atoms with van der Waals surface area (Å²) in [7, 11) is 0. The minimum atomic E-state index is -0.766. The van der Waals surface area contributed by atoms with Crippen molar-refractivity contribution >= 4 is 0 Å². The highest BCUT2D eigenvalue weighted by Gasteiger charge is 2.17. The minimum Gasteiger partial charge on any atom is -0.329 e. The van der Waals surface area contributed by atoms with Crippen molar-refractivity contribution < 1.29 is 4.92 Å². The van der Waals surface area contributed by atoms with E-state index in [0.717, 1.165) is 5.56 Å². The molecule has 0 saturated heterocycles. The fraction of sp³-hybridized carbons (Fsp3) is 0.455. The largest absolute Gasteiger partial charge is 0.329 e. The minimum absolute atomic E-state index is 0.0669. The molecule has 0 saturated carbocycles. The van der Waals surface area contributed by atoms with E-state index < -0.39 is 6.17 Å². The van der Waals surface area contributed by atoms with Crippen molar-refractivity contribution in [2.24, 2.45) is 5.73 Å². The summed E-state index contributed by atoms with van der Waals surface area (Å²) >= 11 is 0. The summed E-state index contributed by atoms with van der Waals surface area (Å²) in [6.45, 7) is 1.90. The first-order valence-electron chi connectivity index (χ1n) is 5.27. The lowest BCUT2D eigenvalue weighted by atomic mass is 10.1. The third kappa shape index (κ3) is 3.96. The predicted molar refractivity (Wildman–Crippen MR) is 62.6 cm³/mol. The maximum absolute atomic E-state index is 10.5. The van der Waals surface area contributed by atoms with E-state index in [1.54, 1.807) is 0 Å². The second-order valence-corrected chi connectivity index (χ2v) is 3.75. The molecule has 0 aromatic heterocycles. The Morgan fingerprint density at radius 2 is 2.06 bits per heavy atom. The van der Waals surface area contributed by atoms with Gasteiger partial charge in [-0.3, -0.25) is 15.4 Å². The number of nitrogens with zero attached hydrogens (tertiary/aromatic N) is 1. The molecule has 0 heterocycles. The number of nitrogens with two attached hydrogens (primary N) is 1. The van der Waals surface area contributed by atoms with E-state index in [9.17, 15) is 10.1 Å². The maximum Gasteiger partial charge on any atom is 0.263 e. The normalized spacial score (nSPS) is 14.4. The van der Waals surface area contributed by atoms with Gasteiger partial charge in [0.05, 0.1) is 0 Å². The standard InChI is InChI=1S/C11H17N3O2/c1-9(14(15)16)13-11(8-12)7-10-5-3-2-4-6-10/h2-6,9,11,13H,7-8,12H2,1H3. The summed E-state index contributed by atoms with van der Waals surface area (Å²) < 4.78 is 0. The number of benzene rings is 1. The van der Waals surface area contributed by atoms with E-state index in [-0.39, 0.29) is 11.0 Å². The molecule has 0 bridgehead atoms. The SMILES string of the molecule is CC(NC(CN)Cc1ccccc1)[N+](=O)[O-]. The Bertz CT molecular complexity index is 329. The van der Waals surface area contributed by atoms with Crippen molar-refractivity contribution in [2.75, 3.05) is 6.54 Å². The summed E-state index contributed by atoms with van der Waals surface area (Å²) in [6.07, 6.45) is -0.0625. The summed E-state index contributed by atoms with van der Waals surface area (Å²) in [5.74, 6) is 0. The molecular weight excluding hydrogens is 206 g/mol. The molecule has 0 aliphatic rings. The topological polar surface area (TPSA) is 81.2 Å². The maximum atomic E-state index is 10.5. The number of nitrogens with one attached hydrogen (secondary N) is 1. The van der Waals surface area contributed by atoms with Crippen LogP contribution in [0.25, 0.3) is 0 Å². The van der Waals surface area contributed by atoms with Crippen molar-refractivity contribution in [1.82, 2.24) is 5.32 Å². The Morgan fingerprint density at radius 3 is 2.56 bits per heavy atom. The zero-order valence-corrected chi connectivity index (χ0v) is 9.30. The molecular formula is C11H17N3O2. The summed E-state index contributed by atoms with van der Waals surface area (Å²) in [4.78, 5) is 10.2. The van der Waals surface area contributed by atoms with E-state index in [1.807, 2.05) is 30.3 Å². The van der Waals surface area contributed by atoms with Crippen LogP contribution in [-0.2, 0) is 6.42 Å². The van der Waals surface area contributed by atoms with E-state index in [4.69, 9.17) is 5.73 Å². The number of nitro groups is 1. The first-order chi connectivity index (χ1) is 7.63. The second kappa shape index (κ2) is 6.19. The fourth-order valence-corrected chi connectivity index (χ4v) is 1.51. The lowest BCUT2D eigenvalue weighted by Gasteiger charge is -2.17. The first kappa shape index (κ1) is 12.6. The summed E-state index contributed by atoms with van der Waals surface area (Å²) in [5, 5.41) is 13.4. The molecule has 1 aromatic carbocycles. The third-order valence-electron chi connectivity index (χ3n) is 2.40. The van der Waals surface area contributed by atoms with Gasteiger partial charge in [-0.15, -0.1) is 0 Å². The zero-order valence-electron chi connectivity index (χ0n) is 9.30. The van der Waals surface area contributed by atoms with Gasteiger partial charge in [0.25, 0.3) is 6.17 Å². The molecule has 0 radical (unpaired) electrons. The van der Waals surface area contributed by atoms with E-state index in [0.29, 0.717) is 13.0 Å². The van der Waals surface area contributed by atoms with Gasteiger partial charge in [0.15, 0.2) is 0 Å².